The third kappa shape index (κ3) is 4.25. The molecule has 2 aromatic carbocycles. The molecular formula is C19H17Cl2N3O2. The molecule has 1 amide bonds. The Morgan fingerprint density at radius 3 is 2.27 bits per heavy atom. The predicted molar refractivity (Wildman–Crippen MR) is 103 cm³/mol. The number of benzene rings is 2. The van der Waals surface area contributed by atoms with Crippen LogP contribution in [0.15, 0.2) is 54.6 Å². The molecule has 0 fully saturated rings. The molecule has 0 spiro atoms. The van der Waals surface area contributed by atoms with Gasteiger partial charge in [0.1, 0.15) is 0 Å². The van der Waals surface area contributed by atoms with Gasteiger partial charge in [-0.3, -0.25) is 4.79 Å². The first kappa shape index (κ1) is 18.5. The number of aliphatic hydroxyl groups is 1. The first-order valence-corrected chi connectivity index (χ1v) is 8.85. The zero-order valence-electron chi connectivity index (χ0n) is 13.8. The Balaban J connectivity index is 2.01. The second kappa shape index (κ2) is 8.36. The third-order valence-corrected chi connectivity index (χ3v) is 4.28. The summed E-state index contributed by atoms with van der Waals surface area (Å²) in [6.07, 6.45) is 0.494. The summed E-state index contributed by atoms with van der Waals surface area (Å²) in [5.41, 5.74) is 2.72. The summed E-state index contributed by atoms with van der Waals surface area (Å²) in [7, 11) is 0. The third-order valence-electron chi connectivity index (χ3n) is 3.77. The lowest BCUT2D eigenvalue weighted by Gasteiger charge is -2.08. The lowest BCUT2D eigenvalue weighted by atomic mass is 10.1. The highest BCUT2D eigenvalue weighted by atomic mass is 35.5. The molecule has 26 heavy (non-hydrogen) atoms. The molecule has 3 rings (SSSR count). The zero-order chi connectivity index (χ0) is 18.5. The van der Waals surface area contributed by atoms with Crippen LogP contribution in [0.5, 0.6) is 0 Å². The number of carbonyl (C=O) groups excluding carboxylic acids is 1. The number of hydrogen-bond donors (Lipinski definition) is 2. The molecule has 0 unspecified atom stereocenters. The number of carbonyl (C=O) groups is 1. The van der Waals surface area contributed by atoms with Crippen molar-refractivity contribution in [3.8, 4) is 16.9 Å². The van der Waals surface area contributed by atoms with Crippen LogP contribution in [0.2, 0.25) is 10.0 Å². The fraction of sp³-hybridized carbons (Fsp3) is 0.158. The van der Waals surface area contributed by atoms with E-state index in [-0.39, 0.29) is 12.5 Å². The van der Waals surface area contributed by atoms with Gasteiger partial charge < -0.3 is 10.4 Å². The molecule has 2 N–H and O–H groups in total. The van der Waals surface area contributed by atoms with Gasteiger partial charge in [-0.2, -0.15) is 5.10 Å². The van der Waals surface area contributed by atoms with Crippen LogP contribution in [0.1, 0.15) is 16.9 Å². The van der Waals surface area contributed by atoms with Gasteiger partial charge in [0.15, 0.2) is 5.69 Å². The van der Waals surface area contributed by atoms with Crippen LogP contribution in [-0.4, -0.2) is 33.9 Å². The van der Waals surface area contributed by atoms with E-state index in [2.05, 4.69) is 10.4 Å². The highest BCUT2D eigenvalue weighted by molar-refractivity contribution is 6.30. The van der Waals surface area contributed by atoms with E-state index in [1.807, 2.05) is 24.3 Å². The van der Waals surface area contributed by atoms with Gasteiger partial charge in [0, 0.05) is 28.8 Å². The number of aromatic nitrogens is 2. The van der Waals surface area contributed by atoms with E-state index in [9.17, 15) is 4.79 Å². The summed E-state index contributed by atoms with van der Waals surface area (Å²) in [6.45, 7) is 0.412. The van der Waals surface area contributed by atoms with Gasteiger partial charge in [0.25, 0.3) is 5.91 Å². The summed E-state index contributed by atoms with van der Waals surface area (Å²) < 4.78 is 1.69. The molecule has 134 valence electrons. The first-order chi connectivity index (χ1) is 12.6. The van der Waals surface area contributed by atoms with Crippen molar-refractivity contribution in [1.82, 2.24) is 15.1 Å². The SMILES string of the molecule is O=C(NCCCO)c1cc(-c2ccc(Cl)cc2)n(-c2ccc(Cl)cc2)n1. The summed E-state index contributed by atoms with van der Waals surface area (Å²) in [4.78, 5) is 12.3. The van der Waals surface area contributed by atoms with Gasteiger partial charge >= 0.3 is 0 Å². The molecular weight excluding hydrogens is 373 g/mol. The van der Waals surface area contributed by atoms with E-state index < -0.39 is 0 Å². The summed E-state index contributed by atoms with van der Waals surface area (Å²) in [5, 5.41) is 17.3. The van der Waals surface area contributed by atoms with Crippen LogP contribution in [0.4, 0.5) is 0 Å². The Kier molecular flexibility index (Phi) is 5.93. The number of aliphatic hydroxyl groups excluding tert-OH is 1. The second-order valence-corrected chi connectivity index (χ2v) is 6.52. The molecule has 3 aromatic rings. The van der Waals surface area contributed by atoms with E-state index in [1.165, 1.54) is 0 Å². The number of rotatable bonds is 6. The van der Waals surface area contributed by atoms with Crippen molar-refractivity contribution in [2.75, 3.05) is 13.2 Å². The Morgan fingerprint density at radius 2 is 1.65 bits per heavy atom. The van der Waals surface area contributed by atoms with Crippen molar-refractivity contribution >= 4 is 29.1 Å². The van der Waals surface area contributed by atoms with Crippen molar-refractivity contribution < 1.29 is 9.90 Å². The highest BCUT2D eigenvalue weighted by Gasteiger charge is 2.16. The lowest BCUT2D eigenvalue weighted by molar-refractivity contribution is 0.0945. The molecule has 7 heteroatoms. The highest BCUT2D eigenvalue weighted by Crippen LogP contribution is 2.26. The van der Waals surface area contributed by atoms with Crippen LogP contribution < -0.4 is 5.32 Å². The number of nitrogens with zero attached hydrogens (tertiary/aromatic N) is 2. The number of halogens is 2. The Morgan fingerprint density at radius 1 is 1.04 bits per heavy atom. The summed E-state index contributed by atoms with van der Waals surface area (Å²) in [5.74, 6) is -0.290. The van der Waals surface area contributed by atoms with Crippen molar-refractivity contribution in [3.05, 3.63) is 70.3 Å². The minimum Gasteiger partial charge on any atom is -0.396 e. The van der Waals surface area contributed by atoms with Crippen molar-refractivity contribution in [1.29, 1.82) is 0 Å². The molecule has 0 radical (unpaired) electrons. The standard InChI is InChI=1S/C19H17Cl2N3O2/c20-14-4-2-13(3-5-14)18-12-17(19(26)22-10-1-11-25)23-24(18)16-8-6-15(21)7-9-16/h2-9,12,25H,1,10-11H2,(H,22,26). The average molecular weight is 390 g/mol. The molecule has 0 aliphatic heterocycles. The minimum atomic E-state index is -0.290. The number of nitrogens with one attached hydrogen (secondary N) is 1. The number of hydrogen-bond acceptors (Lipinski definition) is 3. The van der Waals surface area contributed by atoms with Gasteiger partial charge in [-0.05, 0) is 48.9 Å². The van der Waals surface area contributed by atoms with Crippen LogP contribution in [0, 0.1) is 0 Å². The van der Waals surface area contributed by atoms with E-state index in [0.717, 1.165) is 16.9 Å². The molecule has 0 aliphatic carbocycles. The minimum absolute atomic E-state index is 0.0233. The fourth-order valence-electron chi connectivity index (χ4n) is 2.47. The van der Waals surface area contributed by atoms with Gasteiger partial charge in [0.2, 0.25) is 0 Å². The Hall–Kier alpha value is -2.34. The Bertz CT molecular complexity index is 827. The summed E-state index contributed by atoms with van der Waals surface area (Å²) in [6, 6.07) is 16.3. The van der Waals surface area contributed by atoms with Crippen molar-refractivity contribution in [3.63, 3.8) is 0 Å². The second-order valence-electron chi connectivity index (χ2n) is 5.64. The smallest absolute Gasteiger partial charge is 0.271 e. The van der Waals surface area contributed by atoms with E-state index in [1.54, 1.807) is 35.0 Å². The van der Waals surface area contributed by atoms with Crippen LogP contribution in [-0.2, 0) is 0 Å². The van der Waals surface area contributed by atoms with E-state index in [0.29, 0.717) is 28.7 Å². The van der Waals surface area contributed by atoms with E-state index >= 15 is 0 Å². The molecule has 1 heterocycles. The maximum Gasteiger partial charge on any atom is 0.271 e. The first-order valence-electron chi connectivity index (χ1n) is 8.09. The van der Waals surface area contributed by atoms with E-state index in [4.69, 9.17) is 28.3 Å². The van der Waals surface area contributed by atoms with Gasteiger partial charge in [0.05, 0.1) is 11.4 Å². The topological polar surface area (TPSA) is 67.2 Å². The molecule has 0 saturated carbocycles. The number of amides is 1. The molecule has 0 aliphatic rings. The largest absolute Gasteiger partial charge is 0.396 e. The van der Waals surface area contributed by atoms with Crippen LogP contribution in [0.3, 0.4) is 0 Å². The Labute approximate surface area is 161 Å². The zero-order valence-corrected chi connectivity index (χ0v) is 15.3. The van der Waals surface area contributed by atoms with Crippen LogP contribution in [0.25, 0.3) is 16.9 Å². The van der Waals surface area contributed by atoms with Gasteiger partial charge in [-0.25, -0.2) is 4.68 Å². The monoisotopic (exact) mass is 389 g/mol. The van der Waals surface area contributed by atoms with Gasteiger partial charge in [-0.1, -0.05) is 35.3 Å². The predicted octanol–water partition coefficient (Wildman–Crippen LogP) is 3.96. The molecule has 0 atom stereocenters. The maximum atomic E-state index is 12.3. The molecule has 5 nitrogen and oxygen atoms in total. The lowest BCUT2D eigenvalue weighted by Crippen LogP contribution is -2.25. The molecule has 0 saturated heterocycles. The van der Waals surface area contributed by atoms with Crippen LogP contribution >= 0.6 is 23.2 Å². The fourth-order valence-corrected chi connectivity index (χ4v) is 2.72. The average Bonchev–Trinajstić information content (AvgIpc) is 3.08. The maximum absolute atomic E-state index is 12.3. The van der Waals surface area contributed by atoms with Crippen molar-refractivity contribution in [2.45, 2.75) is 6.42 Å². The van der Waals surface area contributed by atoms with Gasteiger partial charge in [-0.15, -0.1) is 0 Å². The summed E-state index contributed by atoms with van der Waals surface area (Å²) >= 11 is 11.9. The quantitative estimate of drug-likeness (QED) is 0.627. The molecule has 0 bridgehead atoms. The molecule has 1 aromatic heterocycles. The van der Waals surface area contributed by atoms with Crippen molar-refractivity contribution in [2.24, 2.45) is 0 Å². The normalized spacial score (nSPS) is 10.7.